The Kier molecular flexibility index (Phi) is 7.64. The Bertz CT molecular complexity index is 292. The second-order valence-electron chi connectivity index (χ2n) is 4.51. The third-order valence-corrected chi connectivity index (χ3v) is 3.13. The van der Waals surface area contributed by atoms with Gasteiger partial charge in [0.15, 0.2) is 0 Å². The highest BCUT2D eigenvalue weighted by Gasteiger charge is 2.11. The summed E-state index contributed by atoms with van der Waals surface area (Å²) in [6.07, 6.45) is 3.76. The molecule has 1 aromatic rings. The number of benzene rings is 1. The number of nitrogen functional groups attached to an aromatic ring is 1. The van der Waals surface area contributed by atoms with E-state index in [4.69, 9.17) is 5.73 Å². The van der Waals surface area contributed by atoms with Crippen molar-refractivity contribution in [2.75, 3.05) is 12.8 Å². The summed E-state index contributed by atoms with van der Waals surface area (Å²) in [5, 5.41) is 0. The van der Waals surface area contributed by atoms with Crippen molar-refractivity contribution in [2.24, 2.45) is 0 Å². The average Bonchev–Trinajstić information content (AvgIpc) is 2.29. The molecule has 98 valence electrons. The van der Waals surface area contributed by atoms with E-state index in [9.17, 15) is 0 Å². The highest BCUT2D eigenvalue weighted by molar-refractivity contribution is 5.39. The van der Waals surface area contributed by atoms with Crippen molar-refractivity contribution in [3.63, 3.8) is 0 Å². The molecule has 0 aliphatic carbocycles. The topological polar surface area (TPSA) is 29.3 Å². The first kappa shape index (κ1) is 16.0. The molecule has 0 heterocycles. The molecule has 1 unspecified atom stereocenters. The zero-order chi connectivity index (χ0) is 12.0. The molecular formula is C15H28N2. The molecule has 0 fully saturated rings. The van der Waals surface area contributed by atoms with Crippen molar-refractivity contribution in [1.82, 2.24) is 4.90 Å². The molecule has 2 N–H and O–H groups in total. The second kappa shape index (κ2) is 8.13. The highest BCUT2D eigenvalue weighted by atomic mass is 15.1. The number of rotatable bonds is 6. The normalized spacial score (nSPS) is 12.2. The molecule has 1 rings (SSSR count). The molecule has 0 saturated carbocycles. The van der Waals surface area contributed by atoms with Crippen molar-refractivity contribution in [3.8, 4) is 0 Å². The Hall–Kier alpha value is -1.02. The van der Waals surface area contributed by atoms with Crippen LogP contribution in [0, 0.1) is 0 Å². The zero-order valence-corrected chi connectivity index (χ0v) is 10.7. The number of nitrogens with zero attached hydrogens (tertiary/aromatic N) is 1. The van der Waals surface area contributed by atoms with Gasteiger partial charge in [0.05, 0.1) is 0 Å². The van der Waals surface area contributed by atoms with Gasteiger partial charge in [-0.3, -0.25) is 4.90 Å². The molecule has 0 spiro atoms. The fourth-order valence-corrected chi connectivity index (χ4v) is 2.11. The molecule has 0 aromatic heterocycles. The monoisotopic (exact) mass is 236 g/mol. The zero-order valence-electron chi connectivity index (χ0n) is 10.7. The Morgan fingerprint density at radius 1 is 1.18 bits per heavy atom. The van der Waals surface area contributed by atoms with Crippen molar-refractivity contribution in [2.45, 2.75) is 53.1 Å². The summed E-state index contributed by atoms with van der Waals surface area (Å²) in [5.74, 6) is 0. The summed E-state index contributed by atoms with van der Waals surface area (Å²) >= 11 is 0. The lowest BCUT2D eigenvalue weighted by Gasteiger charge is -2.26. The van der Waals surface area contributed by atoms with Crippen LogP contribution in [0.3, 0.4) is 0 Å². The van der Waals surface area contributed by atoms with Crippen molar-refractivity contribution in [1.29, 1.82) is 0 Å². The number of nitrogens with two attached hydrogens (primary N) is 1. The van der Waals surface area contributed by atoms with E-state index >= 15 is 0 Å². The predicted molar refractivity (Wildman–Crippen MR) is 78.0 cm³/mol. The molecule has 0 aliphatic heterocycles. The molecule has 0 bridgehead atoms. The van der Waals surface area contributed by atoms with Crippen LogP contribution in [0.2, 0.25) is 0 Å². The minimum Gasteiger partial charge on any atom is -0.399 e. The van der Waals surface area contributed by atoms with Gasteiger partial charge in [0.25, 0.3) is 0 Å². The maximum Gasteiger partial charge on any atom is 0.0314 e. The predicted octanol–water partition coefficient (Wildman–Crippen LogP) is 3.92. The van der Waals surface area contributed by atoms with Crippen molar-refractivity contribution < 1.29 is 0 Å². The van der Waals surface area contributed by atoms with Crippen molar-refractivity contribution >= 4 is 5.69 Å². The van der Waals surface area contributed by atoms with Crippen LogP contribution in [0.25, 0.3) is 0 Å². The van der Waals surface area contributed by atoms with Gasteiger partial charge < -0.3 is 5.73 Å². The van der Waals surface area contributed by atoms with Crippen LogP contribution in [-0.2, 0) is 6.54 Å². The Balaban J connectivity index is 0.00000256. The minimum atomic E-state index is 0. The van der Waals surface area contributed by atoms with E-state index in [0.29, 0.717) is 6.04 Å². The Labute approximate surface area is 107 Å². The molecule has 1 atom stereocenters. The summed E-state index contributed by atoms with van der Waals surface area (Å²) in [5.41, 5.74) is 7.86. The summed E-state index contributed by atoms with van der Waals surface area (Å²) in [7, 11) is 2.21. The number of hydrogen-bond acceptors (Lipinski definition) is 2. The molecule has 0 aliphatic rings. The van der Waals surface area contributed by atoms with Gasteiger partial charge in [0, 0.05) is 18.3 Å². The molecule has 1 aromatic carbocycles. The fraction of sp³-hybridized carbons (Fsp3) is 0.600. The highest BCUT2D eigenvalue weighted by Crippen LogP contribution is 2.14. The second-order valence-corrected chi connectivity index (χ2v) is 4.51. The standard InChI is InChI=1S/C14H24N2.CH4/c1-4-6-14(5-2)16(3)11-12-7-9-13(15)10-8-12;/h7-10,14H,4-6,11,15H2,1-3H3;1H4. The van der Waals surface area contributed by atoms with E-state index < -0.39 is 0 Å². The number of anilines is 1. The summed E-state index contributed by atoms with van der Waals surface area (Å²) < 4.78 is 0. The molecular weight excluding hydrogens is 208 g/mol. The van der Waals surface area contributed by atoms with Gasteiger partial charge >= 0.3 is 0 Å². The fourth-order valence-electron chi connectivity index (χ4n) is 2.11. The van der Waals surface area contributed by atoms with Gasteiger partial charge in [-0.05, 0) is 37.6 Å². The van der Waals surface area contributed by atoms with Gasteiger partial charge in [-0.1, -0.05) is 39.8 Å². The van der Waals surface area contributed by atoms with Crippen LogP contribution >= 0.6 is 0 Å². The minimum absolute atomic E-state index is 0. The van der Waals surface area contributed by atoms with Crippen LogP contribution in [-0.4, -0.2) is 18.0 Å². The molecule has 17 heavy (non-hydrogen) atoms. The summed E-state index contributed by atoms with van der Waals surface area (Å²) in [6, 6.07) is 8.88. The molecule has 0 saturated heterocycles. The lowest BCUT2D eigenvalue weighted by atomic mass is 10.1. The van der Waals surface area contributed by atoms with Crippen molar-refractivity contribution in [3.05, 3.63) is 29.8 Å². The lowest BCUT2D eigenvalue weighted by molar-refractivity contribution is 0.215. The average molecular weight is 236 g/mol. The van der Waals surface area contributed by atoms with E-state index in [2.05, 4.69) is 37.9 Å². The third-order valence-electron chi connectivity index (χ3n) is 3.13. The first-order chi connectivity index (χ1) is 7.67. The molecule has 2 nitrogen and oxygen atoms in total. The van der Waals surface area contributed by atoms with Crippen LogP contribution < -0.4 is 5.73 Å². The molecule has 0 radical (unpaired) electrons. The summed E-state index contributed by atoms with van der Waals surface area (Å²) in [4.78, 5) is 2.44. The van der Waals surface area contributed by atoms with Crippen LogP contribution in [0.15, 0.2) is 24.3 Å². The van der Waals surface area contributed by atoms with Gasteiger partial charge in [-0.15, -0.1) is 0 Å². The van der Waals surface area contributed by atoms with Gasteiger partial charge in [-0.25, -0.2) is 0 Å². The first-order valence-corrected chi connectivity index (χ1v) is 6.22. The van der Waals surface area contributed by atoms with E-state index in [0.717, 1.165) is 12.2 Å². The van der Waals surface area contributed by atoms with Crippen LogP contribution in [0.5, 0.6) is 0 Å². The van der Waals surface area contributed by atoms with Gasteiger partial charge in [0.1, 0.15) is 0 Å². The van der Waals surface area contributed by atoms with E-state index in [1.54, 1.807) is 0 Å². The smallest absolute Gasteiger partial charge is 0.0314 e. The van der Waals surface area contributed by atoms with Crippen LogP contribution in [0.1, 0.15) is 46.1 Å². The van der Waals surface area contributed by atoms with E-state index in [1.165, 1.54) is 24.8 Å². The Morgan fingerprint density at radius 3 is 2.24 bits per heavy atom. The lowest BCUT2D eigenvalue weighted by Crippen LogP contribution is -2.30. The first-order valence-electron chi connectivity index (χ1n) is 6.22. The maximum absolute atomic E-state index is 5.68. The van der Waals surface area contributed by atoms with Gasteiger partial charge in [0.2, 0.25) is 0 Å². The third kappa shape index (κ3) is 5.22. The van der Waals surface area contributed by atoms with Gasteiger partial charge in [-0.2, -0.15) is 0 Å². The Morgan fingerprint density at radius 2 is 1.76 bits per heavy atom. The van der Waals surface area contributed by atoms with E-state index in [1.807, 2.05) is 12.1 Å². The summed E-state index contributed by atoms with van der Waals surface area (Å²) in [6.45, 7) is 5.53. The quantitative estimate of drug-likeness (QED) is 0.759. The largest absolute Gasteiger partial charge is 0.399 e. The van der Waals surface area contributed by atoms with E-state index in [-0.39, 0.29) is 7.43 Å². The number of hydrogen-bond donors (Lipinski definition) is 1. The molecule has 2 heteroatoms. The SMILES string of the molecule is C.CCCC(CC)N(C)Cc1ccc(N)cc1. The van der Waals surface area contributed by atoms with Crippen LogP contribution in [0.4, 0.5) is 5.69 Å². The molecule has 0 amide bonds. The maximum atomic E-state index is 5.68.